The highest BCUT2D eigenvalue weighted by Gasteiger charge is 2.16. The predicted octanol–water partition coefficient (Wildman–Crippen LogP) is 2.32. The Morgan fingerprint density at radius 2 is 2.21 bits per heavy atom. The van der Waals surface area contributed by atoms with Crippen molar-refractivity contribution in [3.8, 4) is 0 Å². The largest absolute Gasteiger partial charge is 0.465 e. The minimum absolute atomic E-state index is 0.0499. The van der Waals surface area contributed by atoms with Crippen molar-refractivity contribution in [2.75, 3.05) is 12.4 Å². The number of esters is 1. The molecular formula is C12H9FN2O3S. The minimum Gasteiger partial charge on any atom is -0.465 e. The van der Waals surface area contributed by atoms with Crippen LogP contribution >= 0.6 is 11.3 Å². The van der Waals surface area contributed by atoms with Crippen molar-refractivity contribution >= 4 is 28.9 Å². The summed E-state index contributed by atoms with van der Waals surface area (Å²) in [5, 5.41) is 4.06. The summed E-state index contributed by atoms with van der Waals surface area (Å²) in [6.45, 7) is 0. The zero-order chi connectivity index (χ0) is 13.8. The molecule has 5 nitrogen and oxygen atoms in total. The van der Waals surface area contributed by atoms with E-state index in [1.54, 1.807) is 5.38 Å². The summed E-state index contributed by atoms with van der Waals surface area (Å²) in [6.07, 6.45) is 0. The van der Waals surface area contributed by atoms with Crippen molar-refractivity contribution < 1.29 is 18.7 Å². The summed E-state index contributed by atoms with van der Waals surface area (Å²) in [4.78, 5) is 27.2. The highest BCUT2D eigenvalue weighted by atomic mass is 32.1. The monoisotopic (exact) mass is 280 g/mol. The van der Waals surface area contributed by atoms with E-state index in [9.17, 15) is 14.0 Å². The zero-order valence-electron chi connectivity index (χ0n) is 9.84. The van der Waals surface area contributed by atoms with Crippen molar-refractivity contribution in [1.82, 2.24) is 4.98 Å². The van der Waals surface area contributed by atoms with Crippen molar-refractivity contribution in [3.63, 3.8) is 0 Å². The quantitative estimate of drug-likeness (QED) is 0.876. The Kier molecular flexibility index (Phi) is 3.86. The second-order valence-electron chi connectivity index (χ2n) is 3.51. The third-order valence-corrected chi connectivity index (χ3v) is 2.89. The third kappa shape index (κ3) is 2.94. The number of nitrogens with zero attached hydrogens (tertiary/aromatic N) is 1. The summed E-state index contributed by atoms with van der Waals surface area (Å²) in [5.41, 5.74) is 1.86. The van der Waals surface area contributed by atoms with Gasteiger partial charge in [0.2, 0.25) is 0 Å². The first-order chi connectivity index (χ1) is 9.11. The maximum Gasteiger partial charge on any atom is 0.340 e. The van der Waals surface area contributed by atoms with E-state index in [4.69, 9.17) is 0 Å². The lowest BCUT2D eigenvalue weighted by molar-refractivity contribution is 0.0601. The Hall–Kier alpha value is -2.28. The number of methoxy groups -OCH3 is 1. The molecule has 2 rings (SSSR count). The lowest BCUT2D eigenvalue weighted by atomic mass is 10.1. The Balaban J connectivity index is 2.29. The van der Waals surface area contributed by atoms with E-state index < -0.39 is 17.7 Å². The number of rotatable bonds is 3. The van der Waals surface area contributed by atoms with Crippen LogP contribution in [0.25, 0.3) is 0 Å². The van der Waals surface area contributed by atoms with Gasteiger partial charge >= 0.3 is 5.97 Å². The molecule has 1 aromatic carbocycles. The molecule has 2 aromatic rings. The zero-order valence-corrected chi connectivity index (χ0v) is 10.7. The lowest BCUT2D eigenvalue weighted by Gasteiger charge is -2.08. The number of ether oxygens (including phenoxy) is 1. The Morgan fingerprint density at radius 1 is 1.42 bits per heavy atom. The molecule has 0 spiro atoms. The lowest BCUT2D eigenvalue weighted by Crippen LogP contribution is -2.15. The van der Waals surface area contributed by atoms with Crippen LogP contribution in [0.2, 0.25) is 0 Å². The first-order valence-electron chi connectivity index (χ1n) is 5.19. The second kappa shape index (κ2) is 5.57. The van der Waals surface area contributed by atoms with Gasteiger partial charge in [0.15, 0.2) is 0 Å². The van der Waals surface area contributed by atoms with Crippen LogP contribution in [0.4, 0.5) is 10.1 Å². The average Bonchev–Trinajstić information content (AvgIpc) is 2.94. The van der Waals surface area contributed by atoms with E-state index in [-0.39, 0.29) is 16.9 Å². The Morgan fingerprint density at radius 3 is 2.84 bits per heavy atom. The Bertz CT molecular complexity index is 613. The number of aromatic nitrogens is 1. The molecule has 0 aliphatic rings. The predicted molar refractivity (Wildman–Crippen MR) is 67.8 cm³/mol. The van der Waals surface area contributed by atoms with Crippen LogP contribution in [0, 0.1) is 5.82 Å². The molecule has 0 aliphatic carbocycles. The van der Waals surface area contributed by atoms with E-state index in [0.717, 1.165) is 12.1 Å². The topological polar surface area (TPSA) is 68.3 Å². The van der Waals surface area contributed by atoms with E-state index in [1.807, 2.05) is 0 Å². The van der Waals surface area contributed by atoms with Crippen LogP contribution in [-0.2, 0) is 4.74 Å². The molecule has 0 saturated carbocycles. The number of benzene rings is 1. The fourth-order valence-electron chi connectivity index (χ4n) is 1.42. The fraction of sp³-hybridized carbons (Fsp3) is 0.0833. The summed E-state index contributed by atoms with van der Waals surface area (Å²) in [6, 6.07) is 3.44. The SMILES string of the molecule is COC(=O)c1cc(F)ccc1NC(=O)c1cscn1. The summed E-state index contributed by atoms with van der Waals surface area (Å²) < 4.78 is 17.7. The summed E-state index contributed by atoms with van der Waals surface area (Å²) in [7, 11) is 1.18. The third-order valence-electron chi connectivity index (χ3n) is 2.30. The molecular weight excluding hydrogens is 271 g/mol. The van der Waals surface area contributed by atoms with Crippen LogP contribution in [-0.4, -0.2) is 24.0 Å². The van der Waals surface area contributed by atoms with Crippen LogP contribution < -0.4 is 5.32 Å². The van der Waals surface area contributed by atoms with Gasteiger partial charge in [-0.2, -0.15) is 0 Å². The van der Waals surface area contributed by atoms with Crippen molar-refractivity contribution in [3.05, 3.63) is 46.2 Å². The van der Waals surface area contributed by atoms with Gasteiger partial charge < -0.3 is 10.1 Å². The summed E-state index contributed by atoms with van der Waals surface area (Å²) in [5.74, 6) is -1.79. The van der Waals surface area contributed by atoms with Crippen molar-refractivity contribution in [2.45, 2.75) is 0 Å². The average molecular weight is 280 g/mol. The van der Waals surface area contributed by atoms with Gasteiger partial charge in [0.05, 0.1) is 23.9 Å². The molecule has 98 valence electrons. The second-order valence-corrected chi connectivity index (χ2v) is 4.23. The van der Waals surface area contributed by atoms with Gasteiger partial charge in [-0.3, -0.25) is 4.79 Å². The van der Waals surface area contributed by atoms with E-state index in [2.05, 4.69) is 15.0 Å². The maximum absolute atomic E-state index is 13.1. The highest BCUT2D eigenvalue weighted by molar-refractivity contribution is 7.07. The first-order valence-corrected chi connectivity index (χ1v) is 6.13. The molecule has 7 heteroatoms. The van der Waals surface area contributed by atoms with Gasteiger partial charge in [-0.05, 0) is 18.2 Å². The highest BCUT2D eigenvalue weighted by Crippen LogP contribution is 2.19. The number of carbonyl (C=O) groups excluding carboxylic acids is 2. The number of anilines is 1. The van der Waals surface area contributed by atoms with E-state index in [0.29, 0.717) is 0 Å². The molecule has 19 heavy (non-hydrogen) atoms. The Labute approximate surface area is 112 Å². The van der Waals surface area contributed by atoms with E-state index >= 15 is 0 Å². The van der Waals surface area contributed by atoms with Crippen LogP contribution in [0.1, 0.15) is 20.8 Å². The molecule has 1 heterocycles. The van der Waals surface area contributed by atoms with Crippen molar-refractivity contribution in [1.29, 1.82) is 0 Å². The number of nitrogens with one attached hydrogen (secondary N) is 1. The first kappa shape index (κ1) is 13.2. The van der Waals surface area contributed by atoms with Gasteiger partial charge in [0.1, 0.15) is 11.5 Å². The number of halogens is 1. The molecule has 1 amide bonds. The normalized spacial score (nSPS) is 10.0. The molecule has 0 saturated heterocycles. The molecule has 1 N–H and O–H groups in total. The van der Waals surface area contributed by atoms with Gasteiger partial charge in [-0.1, -0.05) is 0 Å². The molecule has 0 unspecified atom stereocenters. The maximum atomic E-state index is 13.1. The molecule has 0 radical (unpaired) electrons. The van der Waals surface area contributed by atoms with Crippen LogP contribution in [0.15, 0.2) is 29.1 Å². The number of hydrogen-bond acceptors (Lipinski definition) is 5. The fourth-order valence-corrected chi connectivity index (χ4v) is 1.95. The van der Waals surface area contributed by atoms with Crippen molar-refractivity contribution in [2.24, 2.45) is 0 Å². The molecule has 1 aromatic heterocycles. The standard InChI is InChI=1S/C12H9FN2O3S/c1-18-12(17)8-4-7(13)2-3-9(8)15-11(16)10-5-19-6-14-10/h2-6H,1H3,(H,15,16). The number of carbonyl (C=O) groups is 2. The molecule has 0 bridgehead atoms. The minimum atomic E-state index is -0.729. The van der Waals surface area contributed by atoms with Gasteiger partial charge in [-0.25, -0.2) is 14.2 Å². The smallest absolute Gasteiger partial charge is 0.340 e. The molecule has 0 fully saturated rings. The van der Waals surface area contributed by atoms with Gasteiger partial charge in [0.25, 0.3) is 5.91 Å². The molecule has 0 atom stereocenters. The molecule has 0 aliphatic heterocycles. The van der Waals surface area contributed by atoms with Crippen LogP contribution in [0.5, 0.6) is 0 Å². The van der Waals surface area contributed by atoms with Gasteiger partial charge in [-0.15, -0.1) is 11.3 Å². The van der Waals surface area contributed by atoms with E-state index in [1.165, 1.54) is 30.0 Å². The van der Waals surface area contributed by atoms with Crippen LogP contribution in [0.3, 0.4) is 0 Å². The number of thiazole rings is 1. The van der Waals surface area contributed by atoms with Gasteiger partial charge in [0, 0.05) is 5.38 Å². The number of hydrogen-bond donors (Lipinski definition) is 1. The summed E-state index contributed by atoms with van der Waals surface area (Å²) >= 11 is 1.27. The number of amides is 1.